The zero-order chi connectivity index (χ0) is 22.9. The van der Waals surface area contributed by atoms with Gasteiger partial charge < -0.3 is 15.4 Å². The van der Waals surface area contributed by atoms with Gasteiger partial charge in [-0.1, -0.05) is 26.0 Å². The van der Waals surface area contributed by atoms with Crippen LogP contribution in [0.3, 0.4) is 0 Å². The summed E-state index contributed by atoms with van der Waals surface area (Å²) in [5.74, 6) is -0.247. The Morgan fingerprint density at radius 3 is 2.29 bits per heavy atom. The highest BCUT2D eigenvalue weighted by Gasteiger charge is 2.22. The van der Waals surface area contributed by atoms with Crippen LogP contribution < -0.4 is 19.7 Å². The molecule has 0 saturated heterocycles. The van der Waals surface area contributed by atoms with E-state index in [0.29, 0.717) is 35.8 Å². The van der Waals surface area contributed by atoms with Crippen molar-refractivity contribution in [1.29, 1.82) is 0 Å². The number of carbonyl (C=O) groups is 2. The molecule has 2 rings (SSSR count). The highest BCUT2D eigenvalue weighted by molar-refractivity contribution is 7.92. The second-order valence-electron chi connectivity index (χ2n) is 6.96. The second kappa shape index (κ2) is 11.4. The molecule has 0 aliphatic rings. The monoisotopic (exact) mass is 447 g/mol. The van der Waals surface area contributed by atoms with Gasteiger partial charge in [-0.3, -0.25) is 13.9 Å². The molecule has 8 nitrogen and oxygen atoms in total. The number of hydrogen-bond donors (Lipinski definition) is 2. The van der Waals surface area contributed by atoms with Crippen molar-refractivity contribution in [2.24, 2.45) is 0 Å². The van der Waals surface area contributed by atoms with Crippen molar-refractivity contribution in [3.05, 3.63) is 54.1 Å². The molecular formula is C22H29N3O5S. The number of para-hydroxylation sites is 1. The van der Waals surface area contributed by atoms with Gasteiger partial charge in [-0.25, -0.2) is 8.42 Å². The predicted molar refractivity (Wildman–Crippen MR) is 122 cm³/mol. The van der Waals surface area contributed by atoms with E-state index in [1.807, 2.05) is 13.8 Å². The normalized spacial score (nSPS) is 10.9. The first-order valence-corrected chi connectivity index (χ1v) is 12.0. The van der Waals surface area contributed by atoms with E-state index >= 15 is 0 Å². The van der Waals surface area contributed by atoms with Crippen LogP contribution in [0.2, 0.25) is 0 Å². The van der Waals surface area contributed by atoms with Crippen LogP contribution in [-0.2, 0) is 14.8 Å². The summed E-state index contributed by atoms with van der Waals surface area (Å²) in [6, 6.07) is 13.1. The standard InChI is InChI=1S/C22H29N3O5S/c1-4-14-23-22(27)19-8-6-7-9-20(19)24-21(26)16-25(31(3,28)29)17-10-12-18(13-11-17)30-15-5-2/h6-13H,4-5,14-16H2,1-3H3,(H,23,27)(H,24,26). The first-order valence-electron chi connectivity index (χ1n) is 10.1. The summed E-state index contributed by atoms with van der Waals surface area (Å²) in [7, 11) is -3.72. The van der Waals surface area contributed by atoms with Crippen LogP contribution in [-0.4, -0.2) is 46.2 Å². The number of ether oxygens (including phenoxy) is 1. The molecule has 0 fully saturated rings. The molecule has 31 heavy (non-hydrogen) atoms. The molecule has 0 radical (unpaired) electrons. The third-order valence-electron chi connectivity index (χ3n) is 4.27. The number of amides is 2. The lowest BCUT2D eigenvalue weighted by Crippen LogP contribution is -2.37. The molecule has 2 amide bonds. The fourth-order valence-electron chi connectivity index (χ4n) is 2.77. The fraction of sp³-hybridized carbons (Fsp3) is 0.364. The summed E-state index contributed by atoms with van der Waals surface area (Å²) >= 11 is 0. The number of sulfonamides is 1. The van der Waals surface area contributed by atoms with Gasteiger partial charge in [-0.2, -0.15) is 0 Å². The Kier molecular flexibility index (Phi) is 8.87. The summed E-state index contributed by atoms with van der Waals surface area (Å²) in [6.07, 6.45) is 2.68. The van der Waals surface area contributed by atoms with Gasteiger partial charge in [0.2, 0.25) is 15.9 Å². The van der Waals surface area contributed by atoms with Crippen molar-refractivity contribution in [3.63, 3.8) is 0 Å². The Balaban J connectivity index is 2.17. The van der Waals surface area contributed by atoms with Gasteiger partial charge in [-0.15, -0.1) is 0 Å². The van der Waals surface area contributed by atoms with Crippen molar-refractivity contribution in [3.8, 4) is 5.75 Å². The summed E-state index contributed by atoms with van der Waals surface area (Å²) in [5.41, 5.74) is 0.973. The second-order valence-corrected chi connectivity index (χ2v) is 8.87. The molecule has 2 aromatic rings. The third-order valence-corrected chi connectivity index (χ3v) is 5.41. The molecule has 0 atom stereocenters. The average molecular weight is 448 g/mol. The molecule has 0 heterocycles. The van der Waals surface area contributed by atoms with E-state index in [-0.39, 0.29) is 5.91 Å². The van der Waals surface area contributed by atoms with Gasteiger partial charge in [0, 0.05) is 6.54 Å². The van der Waals surface area contributed by atoms with Gasteiger partial charge >= 0.3 is 0 Å². The van der Waals surface area contributed by atoms with E-state index in [2.05, 4.69) is 10.6 Å². The molecule has 2 aromatic carbocycles. The molecule has 0 saturated carbocycles. The van der Waals surface area contributed by atoms with Crippen molar-refractivity contribution >= 4 is 33.2 Å². The largest absolute Gasteiger partial charge is 0.494 e. The van der Waals surface area contributed by atoms with Crippen LogP contribution in [0, 0.1) is 0 Å². The Morgan fingerprint density at radius 1 is 1.00 bits per heavy atom. The highest BCUT2D eigenvalue weighted by Crippen LogP contribution is 2.22. The van der Waals surface area contributed by atoms with Crippen molar-refractivity contribution in [2.75, 3.05) is 35.6 Å². The van der Waals surface area contributed by atoms with Crippen molar-refractivity contribution < 1.29 is 22.7 Å². The molecule has 0 spiro atoms. The molecule has 168 valence electrons. The zero-order valence-corrected chi connectivity index (χ0v) is 18.9. The SMILES string of the molecule is CCCNC(=O)c1ccccc1NC(=O)CN(c1ccc(OCCC)cc1)S(C)(=O)=O. The van der Waals surface area contributed by atoms with Gasteiger partial charge in [0.1, 0.15) is 12.3 Å². The van der Waals surface area contributed by atoms with Crippen LogP contribution in [0.15, 0.2) is 48.5 Å². The lowest BCUT2D eigenvalue weighted by Gasteiger charge is -2.22. The van der Waals surface area contributed by atoms with Crippen LogP contribution in [0.1, 0.15) is 37.0 Å². The highest BCUT2D eigenvalue weighted by atomic mass is 32.2. The summed E-state index contributed by atoms with van der Waals surface area (Å²) < 4.78 is 31.2. The molecule has 0 unspecified atom stereocenters. The van der Waals surface area contributed by atoms with Crippen LogP contribution in [0.25, 0.3) is 0 Å². The topological polar surface area (TPSA) is 105 Å². The molecule has 9 heteroatoms. The molecule has 0 aromatic heterocycles. The van der Waals surface area contributed by atoms with Crippen LogP contribution in [0.4, 0.5) is 11.4 Å². The summed E-state index contributed by atoms with van der Waals surface area (Å²) in [4.78, 5) is 25.0. The van der Waals surface area contributed by atoms with Gasteiger partial charge in [0.05, 0.1) is 29.8 Å². The van der Waals surface area contributed by atoms with Gasteiger partial charge in [0.25, 0.3) is 5.91 Å². The first kappa shape index (κ1) is 24.2. The number of hydrogen-bond acceptors (Lipinski definition) is 5. The van der Waals surface area contributed by atoms with E-state index in [1.54, 1.807) is 48.5 Å². The maximum Gasteiger partial charge on any atom is 0.253 e. The molecule has 2 N–H and O–H groups in total. The number of rotatable bonds is 11. The van der Waals surface area contributed by atoms with E-state index in [0.717, 1.165) is 23.4 Å². The number of carbonyl (C=O) groups excluding carboxylic acids is 2. The molecule has 0 bridgehead atoms. The Bertz CT molecular complexity index is 990. The fourth-order valence-corrected chi connectivity index (χ4v) is 3.63. The van der Waals surface area contributed by atoms with Crippen molar-refractivity contribution in [2.45, 2.75) is 26.7 Å². The minimum atomic E-state index is -3.72. The average Bonchev–Trinajstić information content (AvgIpc) is 2.74. The van der Waals surface area contributed by atoms with E-state index < -0.39 is 22.5 Å². The summed E-state index contributed by atoms with van der Waals surface area (Å²) in [5, 5.41) is 5.41. The van der Waals surface area contributed by atoms with E-state index in [4.69, 9.17) is 4.74 Å². The number of nitrogens with one attached hydrogen (secondary N) is 2. The lowest BCUT2D eigenvalue weighted by atomic mass is 10.1. The van der Waals surface area contributed by atoms with Crippen molar-refractivity contribution in [1.82, 2.24) is 5.32 Å². The molecule has 0 aliphatic heterocycles. The maximum absolute atomic E-state index is 12.7. The van der Waals surface area contributed by atoms with Gasteiger partial charge in [-0.05, 0) is 49.2 Å². The molecular weight excluding hydrogens is 418 g/mol. The van der Waals surface area contributed by atoms with Crippen LogP contribution >= 0.6 is 0 Å². The quantitative estimate of drug-likeness (QED) is 0.551. The minimum absolute atomic E-state index is 0.305. The molecule has 0 aliphatic carbocycles. The number of nitrogens with zero attached hydrogens (tertiary/aromatic N) is 1. The summed E-state index contributed by atoms with van der Waals surface area (Å²) in [6.45, 7) is 4.57. The minimum Gasteiger partial charge on any atom is -0.494 e. The van der Waals surface area contributed by atoms with E-state index in [9.17, 15) is 18.0 Å². The number of benzene rings is 2. The van der Waals surface area contributed by atoms with Gasteiger partial charge in [0.15, 0.2) is 0 Å². The smallest absolute Gasteiger partial charge is 0.253 e. The lowest BCUT2D eigenvalue weighted by molar-refractivity contribution is -0.114. The Hall–Kier alpha value is -3.07. The van der Waals surface area contributed by atoms with E-state index in [1.165, 1.54) is 0 Å². The van der Waals surface area contributed by atoms with Crippen LogP contribution in [0.5, 0.6) is 5.75 Å². The zero-order valence-electron chi connectivity index (χ0n) is 18.1. The third kappa shape index (κ3) is 7.29. The maximum atomic E-state index is 12.7. The number of anilines is 2. The Labute approximate surface area is 183 Å². The Morgan fingerprint density at radius 2 is 1.68 bits per heavy atom. The first-order chi connectivity index (χ1) is 14.8. The predicted octanol–water partition coefficient (Wildman–Crippen LogP) is 3.02.